The van der Waals surface area contributed by atoms with Gasteiger partial charge in [0.1, 0.15) is 12.1 Å². The van der Waals surface area contributed by atoms with Crippen LogP contribution in [-0.2, 0) is 7.05 Å². The van der Waals surface area contributed by atoms with Crippen molar-refractivity contribution in [1.29, 1.82) is 0 Å². The average Bonchev–Trinajstić information content (AvgIpc) is 3.03. The number of fused-ring (bicyclic) bond motifs is 1. The molecule has 0 aliphatic carbocycles. The van der Waals surface area contributed by atoms with Crippen molar-refractivity contribution >= 4 is 28.7 Å². The normalized spacial score (nSPS) is 14.9. The second kappa shape index (κ2) is 6.74. The van der Waals surface area contributed by atoms with Gasteiger partial charge in [0.25, 0.3) is 0 Å². The Morgan fingerprint density at radius 1 is 1.04 bits per heavy atom. The van der Waals surface area contributed by atoms with Crippen molar-refractivity contribution in [3.05, 3.63) is 24.4 Å². The molecule has 26 heavy (non-hydrogen) atoms. The van der Waals surface area contributed by atoms with Crippen LogP contribution in [0.3, 0.4) is 0 Å². The molecule has 9 heteroatoms. The van der Waals surface area contributed by atoms with Gasteiger partial charge in [-0.2, -0.15) is 4.98 Å². The number of aromatic nitrogens is 6. The fourth-order valence-corrected chi connectivity index (χ4v) is 3.25. The lowest BCUT2D eigenvalue weighted by atomic mass is 10.3. The minimum Gasteiger partial charge on any atom is -0.370 e. The number of hydrogen-bond donors (Lipinski definition) is 1. The number of nitrogens with zero attached hydrogens (tertiary/aromatic N) is 8. The summed E-state index contributed by atoms with van der Waals surface area (Å²) in [6, 6.07) is 1.97. The molecule has 9 nitrogen and oxygen atoms in total. The molecule has 1 aliphatic rings. The van der Waals surface area contributed by atoms with Crippen LogP contribution in [0.15, 0.2) is 18.7 Å². The van der Waals surface area contributed by atoms with Crippen LogP contribution in [0.5, 0.6) is 0 Å². The van der Waals surface area contributed by atoms with Crippen LogP contribution >= 0.6 is 0 Å². The van der Waals surface area contributed by atoms with E-state index in [4.69, 9.17) is 0 Å². The second-order valence-corrected chi connectivity index (χ2v) is 6.42. The van der Waals surface area contributed by atoms with Gasteiger partial charge in [-0.05, 0) is 13.8 Å². The Kier molecular flexibility index (Phi) is 4.27. The molecule has 3 aromatic heterocycles. The third kappa shape index (κ3) is 3.00. The maximum atomic E-state index is 4.64. The summed E-state index contributed by atoms with van der Waals surface area (Å²) >= 11 is 0. The molecule has 1 aliphatic heterocycles. The summed E-state index contributed by atoms with van der Waals surface area (Å²) in [4.78, 5) is 27.0. The number of nitrogens with one attached hydrogen (secondary N) is 1. The van der Waals surface area contributed by atoms with Crippen LogP contribution in [0.2, 0.25) is 0 Å². The Balaban J connectivity index is 1.52. The molecule has 0 unspecified atom stereocenters. The summed E-state index contributed by atoms with van der Waals surface area (Å²) in [6.45, 7) is 8.28. The van der Waals surface area contributed by atoms with E-state index in [1.165, 1.54) is 0 Å². The molecular formula is C17H23N9. The number of hydrogen-bond acceptors (Lipinski definition) is 8. The number of piperazine rings is 1. The third-order valence-corrected chi connectivity index (χ3v) is 4.54. The van der Waals surface area contributed by atoms with E-state index in [0.717, 1.165) is 67.2 Å². The highest BCUT2D eigenvalue weighted by Gasteiger charge is 2.23. The Hall–Kier alpha value is -2.97. The number of anilines is 3. The minimum absolute atomic E-state index is 0.784. The lowest BCUT2D eigenvalue weighted by Crippen LogP contribution is -2.47. The molecule has 0 amide bonds. The van der Waals surface area contributed by atoms with Gasteiger partial charge in [-0.1, -0.05) is 0 Å². The summed E-state index contributed by atoms with van der Waals surface area (Å²) in [5.41, 5.74) is 2.68. The number of aryl methyl sites for hydroxylation is 2. The first-order valence-corrected chi connectivity index (χ1v) is 8.87. The molecule has 4 rings (SSSR count). The van der Waals surface area contributed by atoms with Crippen LogP contribution in [0.4, 0.5) is 17.6 Å². The van der Waals surface area contributed by atoms with Gasteiger partial charge < -0.3 is 19.7 Å². The van der Waals surface area contributed by atoms with Gasteiger partial charge in [0.15, 0.2) is 17.0 Å². The molecule has 1 saturated heterocycles. The van der Waals surface area contributed by atoms with Crippen LogP contribution in [0.1, 0.15) is 12.6 Å². The largest absolute Gasteiger partial charge is 0.370 e. The predicted molar refractivity (Wildman–Crippen MR) is 102 cm³/mol. The van der Waals surface area contributed by atoms with E-state index in [9.17, 15) is 0 Å². The molecule has 4 heterocycles. The minimum atomic E-state index is 0.784. The SMILES string of the molecule is CCNc1cc(C)nc(N2CCN(c3ncnc4c3ncn4C)CC2)n1. The average molecular weight is 353 g/mol. The lowest BCUT2D eigenvalue weighted by Gasteiger charge is -2.35. The third-order valence-electron chi connectivity index (χ3n) is 4.54. The van der Waals surface area contributed by atoms with Crippen molar-refractivity contribution in [3.63, 3.8) is 0 Å². The lowest BCUT2D eigenvalue weighted by molar-refractivity contribution is 0.635. The van der Waals surface area contributed by atoms with E-state index < -0.39 is 0 Å². The van der Waals surface area contributed by atoms with Crippen molar-refractivity contribution in [1.82, 2.24) is 29.5 Å². The van der Waals surface area contributed by atoms with Crippen molar-refractivity contribution in [2.45, 2.75) is 13.8 Å². The molecule has 0 atom stereocenters. The number of imidazole rings is 1. The highest BCUT2D eigenvalue weighted by molar-refractivity contribution is 5.83. The first-order valence-electron chi connectivity index (χ1n) is 8.87. The predicted octanol–water partition coefficient (Wildman–Crippen LogP) is 1.22. The highest BCUT2D eigenvalue weighted by Crippen LogP contribution is 2.23. The first kappa shape index (κ1) is 16.5. The summed E-state index contributed by atoms with van der Waals surface area (Å²) in [5, 5.41) is 3.27. The second-order valence-electron chi connectivity index (χ2n) is 6.42. The first-order chi connectivity index (χ1) is 12.7. The molecule has 0 bridgehead atoms. The molecule has 1 fully saturated rings. The molecule has 1 N–H and O–H groups in total. The van der Waals surface area contributed by atoms with Crippen molar-refractivity contribution in [3.8, 4) is 0 Å². The Labute approximate surface area is 152 Å². The maximum absolute atomic E-state index is 4.64. The Morgan fingerprint density at radius 2 is 1.81 bits per heavy atom. The van der Waals surface area contributed by atoms with Gasteiger partial charge in [-0.3, -0.25) is 0 Å². The van der Waals surface area contributed by atoms with E-state index in [2.05, 4.69) is 47.0 Å². The smallest absolute Gasteiger partial charge is 0.227 e. The summed E-state index contributed by atoms with van der Waals surface area (Å²) < 4.78 is 1.92. The molecular weight excluding hydrogens is 330 g/mol. The van der Waals surface area contributed by atoms with Gasteiger partial charge in [0.05, 0.1) is 6.33 Å². The molecule has 0 saturated carbocycles. The molecule has 0 spiro atoms. The van der Waals surface area contributed by atoms with E-state index in [1.807, 2.05) is 24.6 Å². The van der Waals surface area contributed by atoms with Gasteiger partial charge in [0.2, 0.25) is 5.95 Å². The topological polar surface area (TPSA) is 87.9 Å². The van der Waals surface area contributed by atoms with Crippen LogP contribution in [0, 0.1) is 6.92 Å². The van der Waals surface area contributed by atoms with Gasteiger partial charge >= 0.3 is 0 Å². The van der Waals surface area contributed by atoms with Crippen molar-refractivity contribution in [2.24, 2.45) is 7.05 Å². The van der Waals surface area contributed by atoms with E-state index in [0.29, 0.717) is 0 Å². The Morgan fingerprint density at radius 3 is 2.58 bits per heavy atom. The fraction of sp³-hybridized carbons (Fsp3) is 0.471. The van der Waals surface area contributed by atoms with Gasteiger partial charge in [-0.15, -0.1) is 0 Å². The van der Waals surface area contributed by atoms with Crippen LogP contribution < -0.4 is 15.1 Å². The molecule has 0 radical (unpaired) electrons. The van der Waals surface area contributed by atoms with Crippen LogP contribution in [-0.4, -0.2) is 62.2 Å². The summed E-state index contributed by atoms with van der Waals surface area (Å²) in [6.07, 6.45) is 3.39. The van der Waals surface area contributed by atoms with Crippen molar-refractivity contribution in [2.75, 3.05) is 47.8 Å². The zero-order valence-corrected chi connectivity index (χ0v) is 15.3. The molecule has 0 aromatic carbocycles. The zero-order valence-electron chi connectivity index (χ0n) is 15.3. The van der Waals surface area contributed by atoms with E-state index in [-0.39, 0.29) is 0 Å². The molecule has 136 valence electrons. The van der Waals surface area contributed by atoms with E-state index in [1.54, 1.807) is 12.7 Å². The van der Waals surface area contributed by atoms with Crippen molar-refractivity contribution < 1.29 is 0 Å². The Bertz CT molecular complexity index is 912. The monoisotopic (exact) mass is 353 g/mol. The maximum Gasteiger partial charge on any atom is 0.227 e. The highest BCUT2D eigenvalue weighted by atomic mass is 15.3. The van der Waals surface area contributed by atoms with Crippen LogP contribution in [0.25, 0.3) is 11.2 Å². The van der Waals surface area contributed by atoms with E-state index >= 15 is 0 Å². The molecule has 3 aromatic rings. The zero-order chi connectivity index (χ0) is 18.1. The summed E-state index contributed by atoms with van der Waals surface area (Å²) in [5.74, 6) is 2.56. The number of rotatable bonds is 4. The quantitative estimate of drug-likeness (QED) is 0.749. The standard InChI is InChI=1S/C17H23N9/c1-4-18-13-9-12(2)22-17(23-13)26-7-5-25(6-8-26)16-14-15(19-10-20-16)24(3)11-21-14/h9-11H,4-8H2,1-3H3,(H,18,22,23). The van der Waals surface area contributed by atoms with Gasteiger partial charge in [0, 0.05) is 51.5 Å². The fourth-order valence-electron chi connectivity index (χ4n) is 3.25. The summed E-state index contributed by atoms with van der Waals surface area (Å²) in [7, 11) is 1.95. The van der Waals surface area contributed by atoms with Gasteiger partial charge in [-0.25, -0.2) is 19.9 Å².